The van der Waals surface area contributed by atoms with Crippen LogP contribution in [0.3, 0.4) is 0 Å². The summed E-state index contributed by atoms with van der Waals surface area (Å²) in [5.41, 5.74) is 7.59. The van der Waals surface area contributed by atoms with Crippen LogP contribution in [0.25, 0.3) is 0 Å². The molecule has 0 atom stereocenters. The van der Waals surface area contributed by atoms with Crippen LogP contribution >= 0.6 is 24.0 Å². The van der Waals surface area contributed by atoms with Gasteiger partial charge in [-0.1, -0.05) is 57.0 Å². The van der Waals surface area contributed by atoms with Crippen LogP contribution in [0, 0.1) is 5.92 Å². The fraction of sp³-hybridized carbons (Fsp3) is 0.588. The zero-order valence-electron chi connectivity index (χ0n) is 13.1. The molecule has 0 aliphatic heterocycles. The van der Waals surface area contributed by atoms with Gasteiger partial charge in [0.25, 0.3) is 0 Å². The molecular weight excluding hydrogens is 373 g/mol. The molecule has 4 heteroatoms. The van der Waals surface area contributed by atoms with Gasteiger partial charge in [0.15, 0.2) is 5.96 Å². The van der Waals surface area contributed by atoms with Crippen LogP contribution in [0.2, 0.25) is 0 Å². The molecular formula is C17H28IN3. The molecule has 118 valence electrons. The average Bonchev–Trinajstić information content (AvgIpc) is 2.94. The van der Waals surface area contributed by atoms with Crippen LogP contribution in [-0.2, 0) is 5.41 Å². The first-order chi connectivity index (χ1) is 9.62. The molecule has 1 aromatic carbocycles. The number of hydrogen-bond acceptors (Lipinski definition) is 1. The quantitative estimate of drug-likeness (QED) is 0.449. The highest BCUT2D eigenvalue weighted by molar-refractivity contribution is 14.0. The zero-order chi connectivity index (χ0) is 14.4. The summed E-state index contributed by atoms with van der Waals surface area (Å²) in [4.78, 5) is 4.61. The molecule has 1 saturated carbocycles. The van der Waals surface area contributed by atoms with Crippen molar-refractivity contribution in [1.29, 1.82) is 0 Å². The maximum Gasteiger partial charge on any atom is 0.188 e. The Labute approximate surface area is 145 Å². The molecule has 0 unspecified atom stereocenters. The lowest BCUT2D eigenvalue weighted by atomic mass is 9.79. The second kappa shape index (κ2) is 8.61. The third-order valence-corrected chi connectivity index (χ3v) is 4.19. The molecule has 0 radical (unpaired) electrons. The Balaban J connectivity index is 0.00000220. The fourth-order valence-electron chi connectivity index (χ4n) is 2.98. The van der Waals surface area contributed by atoms with Crippen LogP contribution in [-0.4, -0.2) is 19.0 Å². The number of halogens is 1. The van der Waals surface area contributed by atoms with E-state index in [1.54, 1.807) is 0 Å². The molecule has 2 rings (SSSR count). The van der Waals surface area contributed by atoms with Crippen molar-refractivity contribution in [3.63, 3.8) is 0 Å². The van der Waals surface area contributed by atoms with Gasteiger partial charge >= 0.3 is 0 Å². The Morgan fingerprint density at radius 2 is 1.86 bits per heavy atom. The van der Waals surface area contributed by atoms with Gasteiger partial charge in [-0.05, 0) is 24.3 Å². The summed E-state index contributed by atoms with van der Waals surface area (Å²) < 4.78 is 0. The van der Waals surface area contributed by atoms with Crippen molar-refractivity contribution in [3.05, 3.63) is 35.9 Å². The molecule has 3 N–H and O–H groups in total. The molecule has 1 aromatic rings. The largest absolute Gasteiger partial charge is 0.370 e. The highest BCUT2D eigenvalue weighted by Crippen LogP contribution is 2.41. The molecule has 3 nitrogen and oxygen atoms in total. The number of nitrogens with one attached hydrogen (secondary N) is 1. The number of benzene rings is 1. The lowest BCUT2D eigenvalue weighted by Crippen LogP contribution is -2.36. The molecule has 1 fully saturated rings. The van der Waals surface area contributed by atoms with E-state index in [4.69, 9.17) is 5.73 Å². The summed E-state index contributed by atoms with van der Waals surface area (Å²) in [6.07, 6.45) is 5.03. The number of hydrogen-bond donors (Lipinski definition) is 2. The molecule has 0 bridgehead atoms. The maximum atomic E-state index is 5.98. The summed E-state index contributed by atoms with van der Waals surface area (Å²) in [5, 5.41) is 3.20. The Morgan fingerprint density at radius 1 is 1.24 bits per heavy atom. The van der Waals surface area contributed by atoms with Crippen molar-refractivity contribution in [2.75, 3.05) is 13.1 Å². The van der Waals surface area contributed by atoms with Crippen LogP contribution in [0.4, 0.5) is 0 Å². The lowest BCUT2D eigenvalue weighted by molar-refractivity contribution is 0.453. The van der Waals surface area contributed by atoms with Crippen molar-refractivity contribution in [2.24, 2.45) is 16.6 Å². The van der Waals surface area contributed by atoms with E-state index in [-0.39, 0.29) is 29.4 Å². The first-order valence-electron chi connectivity index (χ1n) is 7.72. The monoisotopic (exact) mass is 401 g/mol. The molecule has 0 amide bonds. The van der Waals surface area contributed by atoms with Gasteiger partial charge < -0.3 is 11.1 Å². The van der Waals surface area contributed by atoms with E-state index in [0.29, 0.717) is 11.9 Å². The van der Waals surface area contributed by atoms with Crippen LogP contribution < -0.4 is 11.1 Å². The Bertz CT molecular complexity index is 437. The highest BCUT2D eigenvalue weighted by atomic mass is 127. The predicted molar refractivity (Wildman–Crippen MR) is 101 cm³/mol. The Kier molecular flexibility index (Phi) is 7.49. The minimum Gasteiger partial charge on any atom is -0.370 e. The van der Waals surface area contributed by atoms with Crippen molar-refractivity contribution in [3.8, 4) is 0 Å². The summed E-state index contributed by atoms with van der Waals surface area (Å²) in [5.74, 6) is 1.17. The smallest absolute Gasteiger partial charge is 0.188 e. The SMILES string of the molecule is CC(C)CNC(N)=NCC1(c2ccccc2)CCCC1.I. The standard InChI is InChI=1S/C17H27N3.HI/c1-14(2)12-19-16(18)20-13-17(10-6-7-11-17)15-8-4-3-5-9-15;/h3-5,8-9,14H,6-7,10-13H2,1-2H3,(H3,18,19,20);1H. The maximum absolute atomic E-state index is 5.98. The topological polar surface area (TPSA) is 50.4 Å². The Morgan fingerprint density at radius 3 is 2.43 bits per heavy atom. The normalized spacial score (nSPS) is 17.6. The third kappa shape index (κ3) is 5.16. The van der Waals surface area contributed by atoms with E-state index >= 15 is 0 Å². The number of nitrogens with zero attached hydrogens (tertiary/aromatic N) is 1. The molecule has 0 spiro atoms. The number of rotatable bonds is 5. The van der Waals surface area contributed by atoms with E-state index in [2.05, 4.69) is 54.5 Å². The second-order valence-corrected chi connectivity index (χ2v) is 6.33. The summed E-state index contributed by atoms with van der Waals surface area (Å²) in [6, 6.07) is 10.8. The molecule has 0 saturated heterocycles. The summed E-state index contributed by atoms with van der Waals surface area (Å²) in [6.45, 7) is 6.02. The highest BCUT2D eigenvalue weighted by Gasteiger charge is 2.35. The molecule has 0 aromatic heterocycles. The molecule has 21 heavy (non-hydrogen) atoms. The number of nitrogens with two attached hydrogens (primary N) is 1. The van der Waals surface area contributed by atoms with Crippen LogP contribution in [0.1, 0.15) is 45.1 Å². The fourth-order valence-corrected chi connectivity index (χ4v) is 2.98. The summed E-state index contributed by atoms with van der Waals surface area (Å²) in [7, 11) is 0. The first kappa shape index (κ1) is 18.3. The number of aliphatic imine (C=N–C) groups is 1. The van der Waals surface area contributed by atoms with E-state index < -0.39 is 0 Å². The van der Waals surface area contributed by atoms with E-state index in [9.17, 15) is 0 Å². The van der Waals surface area contributed by atoms with Gasteiger partial charge in [-0.15, -0.1) is 24.0 Å². The predicted octanol–water partition coefficient (Wildman–Crippen LogP) is 3.68. The van der Waals surface area contributed by atoms with Crippen molar-refractivity contribution in [2.45, 2.75) is 44.9 Å². The van der Waals surface area contributed by atoms with E-state index in [1.165, 1.54) is 31.2 Å². The van der Waals surface area contributed by atoms with Gasteiger partial charge in [0, 0.05) is 12.0 Å². The van der Waals surface area contributed by atoms with Gasteiger partial charge in [0.05, 0.1) is 6.54 Å². The molecule has 1 aliphatic rings. The van der Waals surface area contributed by atoms with Gasteiger partial charge in [-0.25, -0.2) is 0 Å². The lowest BCUT2D eigenvalue weighted by Gasteiger charge is -2.28. The average molecular weight is 401 g/mol. The molecule has 1 aliphatic carbocycles. The van der Waals surface area contributed by atoms with Gasteiger partial charge in [0.2, 0.25) is 0 Å². The minimum absolute atomic E-state index is 0. The van der Waals surface area contributed by atoms with Gasteiger partial charge in [-0.2, -0.15) is 0 Å². The zero-order valence-corrected chi connectivity index (χ0v) is 15.5. The third-order valence-electron chi connectivity index (χ3n) is 4.19. The van der Waals surface area contributed by atoms with Crippen LogP contribution in [0.15, 0.2) is 35.3 Å². The van der Waals surface area contributed by atoms with Crippen molar-refractivity contribution < 1.29 is 0 Å². The Hall–Kier alpha value is -0.780. The van der Waals surface area contributed by atoms with Crippen molar-refractivity contribution >= 4 is 29.9 Å². The van der Waals surface area contributed by atoms with Crippen LogP contribution in [0.5, 0.6) is 0 Å². The molecule has 0 heterocycles. The summed E-state index contributed by atoms with van der Waals surface area (Å²) >= 11 is 0. The van der Waals surface area contributed by atoms with Gasteiger partial charge in [0.1, 0.15) is 0 Å². The first-order valence-corrected chi connectivity index (χ1v) is 7.72. The second-order valence-electron chi connectivity index (χ2n) is 6.33. The van der Waals surface area contributed by atoms with Gasteiger partial charge in [-0.3, -0.25) is 4.99 Å². The number of guanidine groups is 1. The van der Waals surface area contributed by atoms with E-state index in [1.807, 2.05) is 0 Å². The van der Waals surface area contributed by atoms with Crippen molar-refractivity contribution in [1.82, 2.24) is 5.32 Å². The van der Waals surface area contributed by atoms with E-state index in [0.717, 1.165) is 13.1 Å². The minimum atomic E-state index is 0.